The topological polar surface area (TPSA) is 115 Å². The Hall–Kier alpha value is -2.53. The van der Waals surface area contributed by atoms with E-state index in [-0.39, 0.29) is 18.5 Å². The first-order valence-corrected chi connectivity index (χ1v) is 12.5. The molecule has 3 heterocycles. The molecule has 1 fully saturated rings. The molecule has 2 unspecified atom stereocenters. The molecule has 0 radical (unpaired) electrons. The van der Waals surface area contributed by atoms with Crippen molar-refractivity contribution < 1.29 is 18.3 Å². The van der Waals surface area contributed by atoms with Crippen LogP contribution in [0.4, 0.5) is 5.69 Å². The number of β-amino-alcohol motifs (C(OH)–C–C–N with tert-alkyl or cyclic N) is 1. The lowest BCUT2D eigenvalue weighted by Gasteiger charge is -2.20. The maximum atomic E-state index is 12.5. The van der Waals surface area contributed by atoms with Crippen molar-refractivity contribution >= 4 is 21.6 Å². The third kappa shape index (κ3) is 5.63. The Morgan fingerprint density at radius 1 is 1.25 bits per heavy atom. The van der Waals surface area contributed by atoms with Crippen LogP contribution in [-0.2, 0) is 23.1 Å². The SMILES string of the molecule is CS(=O)(=O)N1CCC(Nc2cncc(C(=O)NCC(O)CN3Cc4ccccc4C3)c2)C1. The molecule has 0 bridgehead atoms. The molecule has 32 heavy (non-hydrogen) atoms. The van der Waals surface area contributed by atoms with Crippen LogP contribution in [0.15, 0.2) is 42.7 Å². The third-order valence-electron chi connectivity index (χ3n) is 5.86. The zero-order valence-electron chi connectivity index (χ0n) is 18.1. The van der Waals surface area contributed by atoms with E-state index in [0.29, 0.717) is 37.3 Å². The number of aliphatic hydroxyl groups excluding tert-OH is 1. The van der Waals surface area contributed by atoms with Crippen LogP contribution in [0.2, 0.25) is 0 Å². The molecule has 1 aromatic carbocycles. The van der Waals surface area contributed by atoms with Gasteiger partial charge in [-0.2, -0.15) is 0 Å². The Labute approximate surface area is 188 Å². The molecule has 0 spiro atoms. The fourth-order valence-electron chi connectivity index (χ4n) is 4.23. The molecule has 2 aromatic rings. The van der Waals surface area contributed by atoms with Crippen LogP contribution in [0, 0.1) is 0 Å². The van der Waals surface area contributed by atoms with Gasteiger partial charge in [-0.25, -0.2) is 12.7 Å². The van der Waals surface area contributed by atoms with Crippen molar-refractivity contribution in [3.8, 4) is 0 Å². The molecule has 2 aliphatic rings. The number of fused-ring (bicyclic) bond motifs is 1. The number of amides is 1. The summed E-state index contributed by atoms with van der Waals surface area (Å²) in [6.45, 7) is 3.10. The van der Waals surface area contributed by atoms with Gasteiger partial charge in [0.05, 0.1) is 23.6 Å². The average Bonchev–Trinajstić information content (AvgIpc) is 3.38. The van der Waals surface area contributed by atoms with E-state index in [0.717, 1.165) is 13.1 Å². The van der Waals surface area contributed by atoms with Gasteiger partial charge in [0.1, 0.15) is 0 Å². The molecule has 1 saturated heterocycles. The quantitative estimate of drug-likeness (QED) is 0.531. The minimum absolute atomic E-state index is 0.0313. The van der Waals surface area contributed by atoms with Crippen molar-refractivity contribution in [3.63, 3.8) is 0 Å². The minimum atomic E-state index is -3.20. The molecule has 2 atom stereocenters. The number of nitrogens with one attached hydrogen (secondary N) is 2. The lowest BCUT2D eigenvalue weighted by atomic mass is 10.1. The number of carbonyl (C=O) groups excluding carboxylic acids is 1. The molecule has 0 saturated carbocycles. The number of sulfonamides is 1. The molecule has 1 aromatic heterocycles. The number of hydrogen-bond donors (Lipinski definition) is 3. The van der Waals surface area contributed by atoms with Crippen molar-refractivity contribution in [2.24, 2.45) is 0 Å². The fraction of sp³-hybridized carbons (Fsp3) is 0.455. The lowest BCUT2D eigenvalue weighted by Crippen LogP contribution is -2.38. The second-order valence-electron chi connectivity index (χ2n) is 8.52. The van der Waals surface area contributed by atoms with Gasteiger partial charge < -0.3 is 15.7 Å². The van der Waals surface area contributed by atoms with E-state index in [1.165, 1.54) is 27.9 Å². The molecule has 3 N–H and O–H groups in total. The van der Waals surface area contributed by atoms with Gasteiger partial charge in [0.15, 0.2) is 0 Å². The highest BCUT2D eigenvalue weighted by molar-refractivity contribution is 7.88. The molecule has 4 rings (SSSR count). The molecule has 2 aliphatic heterocycles. The fourth-order valence-corrected chi connectivity index (χ4v) is 5.12. The van der Waals surface area contributed by atoms with Crippen molar-refractivity contribution in [1.82, 2.24) is 19.5 Å². The molecule has 10 heteroatoms. The van der Waals surface area contributed by atoms with Crippen LogP contribution in [0.1, 0.15) is 27.9 Å². The Morgan fingerprint density at radius 3 is 2.62 bits per heavy atom. The van der Waals surface area contributed by atoms with Crippen molar-refractivity contribution in [2.75, 3.05) is 37.8 Å². The predicted molar refractivity (Wildman–Crippen MR) is 122 cm³/mol. The number of nitrogens with zero attached hydrogens (tertiary/aromatic N) is 3. The molecule has 1 amide bonds. The summed E-state index contributed by atoms with van der Waals surface area (Å²) >= 11 is 0. The summed E-state index contributed by atoms with van der Waals surface area (Å²) < 4.78 is 24.8. The van der Waals surface area contributed by atoms with Crippen LogP contribution in [0.3, 0.4) is 0 Å². The highest BCUT2D eigenvalue weighted by Gasteiger charge is 2.28. The number of anilines is 1. The van der Waals surface area contributed by atoms with Crippen LogP contribution in [0.25, 0.3) is 0 Å². The van der Waals surface area contributed by atoms with E-state index in [9.17, 15) is 18.3 Å². The maximum absolute atomic E-state index is 12.5. The lowest BCUT2D eigenvalue weighted by molar-refractivity contribution is 0.0855. The highest BCUT2D eigenvalue weighted by atomic mass is 32.2. The third-order valence-corrected chi connectivity index (χ3v) is 7.13. The second kappa shape index (κ2) is 9.53. The van der Waals surface area contributed by atoms with Gasteiger partial charge in [-0.15, -0.1) is 0 Å². The first-order valence-electron chi connectivity index (χ1n) is 10.7. The molecular weight excluding hydrogens is 430 g/mol. The number of carbonyl (C=O) groups is 1. The summed E-state index contributed by atoms with van der Waals surface area (Å²) in [4.78, 5) is 18.8. The molecular formula is C22H29N5O4S. The van der Waals surface area contributed by atoms with Crippen LogP contribution in [0.5, 0.6) is 0 Å². The zero-order chi connectivity index (χ0) is 22.7. The normalized spacial score (nSPS) is 20.1. The first kappa shape index (κ1) is 22.7. The number of aromatic nitrogens is 1. The standard InChI is InChI=1S/C22H29N5O4S/c1-32(30,31)27-7-6-19(14-27)25-20-8-18(9-23-10-20)22(29)24-11-21(28)15-26-12-16-4-2-3-5-17(16)13-26/h2-5,8-10,19,21,25,28H,6-7,11-15H2,1H3,(H,24,29). The van der Waals surface area contributed by atoms with Crippen molar-refractivity contribution in [2.45, 2.75) is 31.7 Å². The summed E-state index contributed by atoms with van der Waals surface area (Å²) in [5, 5.41) is 16.4. The number of benzene rings is 1. The van der Waals surface area contributed by atoms with Gasteiger partial charge in [-0.05, 0) is 23.6 Å². The van der Waals surface area contributed by atoms with Gasteiger partial charge in [0.25, 0.3) is 5.91 Å². The van der Waals surface area contributed by atoms with E-state index in [1.807, 2.05) is 12.1 Å². The minimum Gasteiger partial charge on any atom is -0.390 e. The summed E-state index contributed by atoms with van der Waals surface area (Å²) in [5.41, 5.74) is 3.60. The smallest absolute Gasteiger partial charge is 0.253 e. The van der Waals surface area contributed by atoms with E-state index >= 15 is 0 Å². The van der Waals surface area contributed by atoms with Gasteiger partial charge in [0.2, 0.25) is 10.0 Å². The molecule has 0 aliphatic carbocycles. The Kier molecular flexibility index (Phi) is 6.75. The molecule has 172 valence electrons. The van der Waals surface area contributed by atoms with Gasteiger partial charge in [-0.1, -0.05) is 24.3 Å². The summed E-state index contributed by atoms with van der Waals surface area (Å²) in [5.74, 6) is -0.311. The number of aliphatic hydroxyl groups is 1. The van der Waals surface area contributed by atoms with Crippen LogP contribution in [-0.4, -0.2) is 78.2 Å². The summed E-state index contributed by atoms with van der Waals surface area (Å²) in [7, 11) is -3.20. The van der Waals surface area contributed by atoms with E-state index < -0.39 is 16.1 Å². The van der Waals surface area contributed by atoms with Gasteiger partial charge in [-0.3, -0.25) is 14.7 Å². The van der Waals surface area contributed by atoms with Crippen molar-refractivity contribution in [3.05, 3.63) is 59.4 Å². The first-order chi connectivity index (χ1) is 15.3. The summed E-state index contributed by atoms with van der Waals surface area (Å²) in [6, 6.07) is 9.89. The van der Waals surface area contributed by atoms with Gasteiger partial charge in [0, 0.05) is 57.7 Å². The Balaban J connectivity index is 1.25. The van der Waals surface area contributed by atoms with E-state index in [2.05, 4.69) is 32.7 Å². The number of pyridine rings is 1. The van der Waals surface area contributed by atoms with E-state index in [1.54, 1.807) is 12.3 Å². The number of rotatable bonds is 8. The second-order valence-corrected chi connectivity index (χ2v) is 10.5. The zero-order valence-corrected chi connectivity index (χ0v) is 18.9. The number of hydrogen-bond acceptors (Lipinski definition) is 7. The van der Waals surface area contributed by atoms with Crippen LogP contribution < -0.4 is 10.6 Å². The Bertz CT molecular complexity index is 1050. The highest BCUT2D eigenvalue weighted by Crippen LogP contribution is 2.22. The monoisotopic (exact) mass is 459 g/mol. The average molecular weight is 460 g/mol. The predicted octanol–water partition coefficient (Wildman–Crippen LogP) is 0.634. The van der Waals surface area contributed by atoms with Crippen molar-refractivity contribution in [1.29, 1.82) is 0 Å². The molecule has 9 nitrogen and oxygen atoms in total. The summed E-state index contributed by atoms with van der Waals surface area (Å²) in [6.07, 6.45) is 4.30. The van der Waals surface area contributed by atoms with E-state index in [4.69, 9.17) is 0 Å². The van der Waals surface area contributed by atoms with Crippen LogP contribution >= 0.6 is 0 Å². The maximum Gasteiger partial charge on any atom is 0.253 e. The largest absolute Gasteiger partial charge is 0.390 e. The Morgan fingerprint density at radius 2 is 1.97 bits per heavy atom. The van der Waals surface area contributed by atoms with Gasteiger partial charge >= 0.3 is 0 Å².